The number of hydrogen-bond donors (Lipinski definition) is 2. The molecule has 0 saturated heterocycles. The van der Waals surface area contributed by atoms with Gasteiger partial charge in [0.15, 0.2) is 5.82 Å². The lowest BCUT2D eigenvalue weighted by Gasteiger charge is -2.21. The molecule has 39 heavy (non-hydrogen) atoms. The van der Waals surface area contributed by atoms with E-state index in [1.165, 1.54) is 30.3 Å². The minimum atomic E-state index is -4.81. The van der Waals surface area contributed by atoms with Gasteiger partial charge in [-0.05, 0) is 30.3 Å². The zero-order valence-electron chi connectivity index (χ0n) is 19.7. The summed E-state index contributed by atoms with van der Waals surface area (Å²) in [5.41, 5.74) is 2.58. The number of nitrogens with zero attached hydrogens (tertiary/aromatic N) is 3. The first-order valence-electron chi connectivity index (χ1n) is 11.0. The van der Waals surface area contributed by atoms with Crippen LogP contribution in [0.15, 0.2) is 53.3 Å². The molecular weight excluding hydrogens is 560 g/mol. The average Bonchev–Trinajstić information content (AvgIpc) is 3.14. The Morgan fingerprint density at radius 2 is 1.69 bits per heavy atom. The molecule has 0 aliphatic rings. The van der Waals surface area contributed by atoms with E-state index >= 15 is 0 Å². The van der Waals surface area contributed by atoms with Crippen LogP contribution >= 0.6 is 11.6 Å². The maximum atomic E-state index is 13.4. The van der Waals surface area contributed by atoms with E-state index in [0.29, 0.717) is 9.70 Å². The Bertz CT molecular complexity index is 1390. The van der Waals surface area contributed by atoms with Crippen LogP contribution in [-0.2, 0) is 28.8 Å². The number of nitrogens with one attached hydrogen (secondary N) is 1. The number of nitrogens with two attached hydrogens (primary N) is 1. The smallest absolute Gasteiger partial charge is 0.416 e. The first-order valence-corrected chi connectivity index (χ1v) is 11.4. The van der Waals surface area contributed by atoms with Crippen LogP contribution in [0.4, 0.5) is 31.1 Å². The molecule has 0 saturated carbocycles. The van der Waals surface area contributed by atoms with Crippen LogP contribution in [0.2, 0.25) is 5.02 Å². The van der Waals surface area contributed by atoms with Crippen molar-refractivity contribution in [3.05, 3.63) is 75.2 Å². The summed E-state index contributed by atoms with van der Waals surface area (Å²) in [7, 11) is 0. The van der Waals surface area contributed by atoms with Crippen molar-refractivity contribution >= 4 is 23.6 Å². The van der Waals surface area contributed by atoms with E-state index in [1.807, 2.05) is 0 Å². The van der Waals surface area contributed by atoms with E-state index in [-0.39, 0.29) is 11.4 Å². The fourth-order valence-corrected chi connectivity index (χ4v) is 3.71. The summed E-state index contributed by atoms with van der Waals surface area (Å²) >= 11 is 5.84. The molecule has 0 bridgehead atoms. The second kappa shape index (κ2) is 11.8. The molecule has 0 aliphatic heterocycles. The van der Waals surface area contributed by atoms with Crippen molar-refractivity contribution in [3.8, 4) is 11.4 Å². The number of benzene rings is 2. The molecular formula is C23H20ClF6N5O4. The number of carbonyl (C=O) groups excluding carboxylic acids is 2. The first kappa shape index (κ1) is 29.5. The lowest BCUT2D eigenvalue weighted by Crippen LogP contribution is -2.37. The molecule has 2 aromatic carbocycles. The Kier molecular flexibility index (Phi) is 8.94. The van der Waals surface area contributed by atoms with Crippen molar-refractivity contribution in [3.63, 3.8) is 0 Å². The van der Waals surface area contributed by atoms with Gasteiger partial charge in [-0.25, -0.2) is 14.3 Å². The Morgan fingerprint density at radius 1 is 1.05 bits per heavy atom. The summed E-state index contributed by atoms with van der Waals surface area (Å²) in [6, 6.07) is 9.86. The topological polar surface area (TPSA) is 121 Å². The number of primary amides is 1. The molecule has 1 unspecified atom stereocenters. The number of hydrogen-bond acceptors (Lipinski definition) is 5. The standard InChI is InChI=1S/C23H20ClF6N5O4/c24-14-7-5-13(6-8-14)19-33-35(21(38)34(19)10-9-22(25,26)27)12-18(36)32-11-17(39-20(31)37)15-3-1-2-4-16(15)23(28,29)30/h1-8,17H,9-12H2,(H2,31,37)(H,32,36). The number of amides is 2. The zero-order chi connectivity index (χ0) is 29.0. The largest absolute Gasteiger partial charge is 0.440 e. The lowest BCUT2D eigenvalue weighted by atomic mass is 10.0. The molecule has 3 rings (SSSR count). The van der Waals surface area contributed by atoms with E-state index < -0.39 is 73.3 Å². The lowest BCUT2D eigenvalue weighted by molar-refractivity contribution is -0.139. The molecule has 1 atom stereocenters. The van der Waals surface area contributed by atoms with Gasteiger partial charge in [0.2, 0.25) is 5.91 Å². The molecule has 0 spiro atoms. The fraction of sp³-hybridized carbons (Fsp3) is 0.304. The van der Waals surface area contributed by atoms with Gasteiger partial charge in [-0.1, -0.05) is 29.8 Å². The Hall–Kier alpha value is -4.01. The molecule has 3 N–H and O–H groups in total. The number of ether oxygens (including phenoxy) is 1. The van der Waals surface area contributed by atoms with Crippen LogP contribution in [-0.4, -0.2) is 39.1 Å². The summed E-state index contributed by atoms with van der Waals surface area (Å²) in [5.74, 6) is -1.12. The predicted molar refractivity (Wildman–Crippen MR) is 125 cm³/mol. The van der Waals surface area contributed by atoms with Crippen LogP contribution in [0, 0.1) is 0 Å². The molecule has 0 fully saturated rings. The van der Waals surface area contributed by atoms with Crippen LogP contribution in [0.5, 0.6) is 0 Å². The Morgan fingerprint density at radius 3 is 2.28 bits per heavy atom. The van der Waals surface area contributed by atoms with Gasteiger partial charge in [-0.3, -0.25) is 9.36 Å². The van der Waals surface area contributed by atoms with E-state index in [9.17, 15) is 40.7 Å². The minimum Gasteiger partial charge on any atom is -0.440 e. The normalized spacial score (nSPS) is 12.7. The first-order chi connectivity index (χ1) is 18.2. The third-order valence-electron chi connectivity index (χ3n) is 5.29. The summed E-state index contributed by atoms with van der Waals surface area (Å²) in [4.78, 5) is 36.7. The fourth-order valence-electron chi connectivity index (χ4n) is 3.59. The highest BCUT2D eigenvalue weighted by atomic mass is 35.5. The summed E-state index contributed by atoms with van der Waals surface area (Å²) in [6.45, 7) is -2.25. The van der Waals surface area contributed by atoms with Crippen molar-refractivity contribution in [1.29, 1.82) is 0 Å². The van der Waals surface area contributed by atoms with Gasteiger partial charge in [-0.15, -0.1) is 5.10 Å². The number of aromatic nitrogens is 3. The SMILES string of the molecule is NC(=O)OC(CNC(=O)Cn1nc(-c2ccc(Cl)cc2)n(CCC(F)(F)F)c1=O)c1ccccc1C(F)(F)F. The van der Waals surface area contributed by atoms with Gasteiger partial charge in [0.25, 0.3) is 0 Å². The summed E-state index contributed by atoms with van der Waals surface area (Å²) < 4.78 is 84.9. The Labute approximate surface area is 221 Å². The van der Waals surface area contributed by atoms with Crippen LogP contribution < -0.4 is 16.7 Å². The van der Waals surface area contributed by atoms with E-state index in [2.05, 4.69) is 10.4 Å². The molecule has 210 valence electrons. The second-order valence-corrected chi connectivity index (χ2v) is 8.54. The van der Waals surface area contributed by atoms with Crippen molar-refractivity contribution in [2.45, 2.75) is 38.0 Å². The summed E-state index contributed by atoms with van der Waals surface area (Å²) in [6.07, 6.45) is -13.8. The van der Waals surface area contributed by atoms with Gasteiger partial charge in [0.1, 0.15) is 12.6 Å². The Balaban J connectivity index is 1.84. The minimum absolute atomic E-state index is 0.164. The highest BCUT2D eigenvalue weighted by molar-refractivity contribution is 6.30. The number of alkyl halides is 6. The van der Waals surface area contributed by atoms with Gasteiger partial charge in [0, 0.05) is 22.7 Å². The van der Waals surface area contributed by atoms with Crippen LogP contribution in [0.1, 0.15) is 23.7 Å². The quantitative estimate of drug-likeness (QED) is 0.366. The van der Waals surface area contributed by atoms with Crippen molar-refractivity contribution in [2.24, 2.45) is 5.73 Å². The van der Waals surface area contributed by atoms with Crippen molar-refractivity contribution in [1.82, 2.24) is 19.7 Å². The van der Waals surface area contributed by atoms with E-state index in [1.54, 1.807) is 0 Å². The molecule has 1 heterocycles. The summed E-state index contributed by atoms with van der Waals surface area (Å²) in [5, 5.41) is 6.52. The van der Waals surface area contributed by atoms with Crippen LogP contribution in [0.3, 0.4) is 0 Å². The van der Waals surface area contributed by atoms with Crippen molar-refractivity contribution < 1.29 is 40.7 Å². The third kappa shape index (κ3) is 7.99. The van der Waals surface area contributed by atoms with Gasteiger partial charge in [-0.2, -0.15) is 26.3 Å². The highest BCUT2D eigenvalue weighted by Gasteiger charge is 2.36. The van der Waals surface area contributed by atoms with Crippen molar-refractivity contribution in [2.75, 3.05) is 6.54 Å². The van der Waals surface area contributed by atoms with E-state index in [4.69, 9.17) is 22.1 Å². The number of rotatable bonds is 9. The van der Waals surface area contributed by atoms with Gasteiger partial charge >= 0.3 is 24.1 Å². The predicted octanol–water partition coefficient (Wildman–Crippen LogP) is 4.29. The van der Waals surface area contributed by atoms with Gasteiger partial charge in [0.05, 0.1) is 18.5 Å². The van der Waals surface area contributed by atoms with E-state index in [0.717, 1.165) is 22.8 Å². The molecule has 9 nitrogen and oxygen atoms in total. The maximum absolute atomic E-state index is 13.4. The maximum Gasteiger partial charge on any atom is 0.416 e. The second-order valence-electron chi connectivity index (χ2n) is 8.10. The van der Waals surface area contributed by atoms with Gasteiger partial charge < -0.3 is 15.8 Å². The molecule has 3 aromatic rings. The van der Waals surface area contributed by atoms with Crippen LogP contribution in [0.25, 0.3) is 11.4 Å². The zero-order valence-corrected chi connectivity index (χ0v) is 20.5. The monoisotopic (exact) mass is 579 g/mol. The number of halogens is 7. The molecule has 1 aromatic heterocycles. The third-order valence-corrected chi connectivity index (χ3v) is 5.55. The molecule has 2 amide bonds. The molecule has 0 aliphatic carbocycles. The molecule has 16 heteroatoms. The highest BCUT2D eigenvalue weighted by Crippen LogP contribution is 2.35. The average molecular weight is 580 g/mol. The molecule has 0 radical (unpaired) electrons. The number of carbonyl (C=O) groups is 2.